The summed E-state index contributed by atoms with van der Waals surface area (Å²) in [4.78, 5) is 12.3. The van der Waals surface area contributed by atoms with Crippen LogP contribution in [0.2, 0.25) is 0 Å². The molecular weight excluding hydrogens is 284 g/mol. The summed E-state index contributed by atoms with van der Waals surface area (Å²) in [6, 6.07) is 8.54. The molecule has 3 rings (SSSR count). The molecule has 0 aliphatic rings. The van der Waals surface area contributed by atoms with E-state index in [1.165, 1.54) is 7.11 Å². The summed E-state index contributed by atoms with van der Waals surface area (Å²) in [5, 5.41) is 10.5. The maximum absolute atomic E-state index is 12.3. The predicted octanol–water partition coefficient (Wildman–Crippen LogP) is 2.00. The van der Waals surface area contributed by atoms with Gasteiger partial charge in [0.05, 0.1) is 19.9 Å². The Morgan fingerprint density at radius 2 is 1.95 bits per heavy atom. The maximum Gasteiger partial charge on any atom is 0.255 e. The molecule has 0 spiro atoms. The number of nitrogens with zero attached hydrogens (tertiary/aromatic N) is 3. The fourth-order valence-electron chi connectivity index (χ4n) is 2.08. The van der Waals surface area contributed by atoms with Gasteiger partial charge in [0, 0.05) is 11.8 Å². The number of nitrogens with one attached hydrogen (secondary N) is 1. The Bertz CT molecular complexity index is 829. The molecule has 1 amide bonds. The highest BCUT2D eigenvalue weighted by molar-refractivity contribution is 6.04. The van der Waals surface area contributed by atoms with Crippen molar-refractivity contribution in [3.8, 4) is 11.5 Å². The number of hydrogen-bond acceptors (Lipinski definition) is 5. The van der Waals surface area contributed by atoms with Crippen LogP contribution in [-0.2, 0) is 0 Å². The highest BCUT2D eigenvalue weighted by atomic mass is 16.5. The van der Waals surface area contributed by atoms with Gasteiger partial charge in [0.25, 0.3) is 5.91 Å². The highest BCUT2D eigenvalue weighted by Gasteiger charge is 2.11. The molecule has 0 bridgehead atoms. The SMILES string of the molecule is COc1ccc(C(=O)Nc2ccc3nncn3c2)cc1OC. The fraction of sp³-hybridized carbons (Fsp3) is 0.133. The lowest BCUT2D eigenvalue weighted by Crippen LogP contribution is -2.12. The van der Waals surface area contributed by atoms with Crippen LogP contribution in [0.15, 0.2) is 42.9 Å². The number of ether oxygens (including phenoxy) is 2. The molecule has 7 heteroatoms. The van der Waals surface area contributed by atoms with Gasteiger partial charge < -0.3 is 14.8 Å². The van der Waals surface area contributed by atoms with Crippen LogP contribution in [0.4, 0.5) is 5.69 Å². The molecule has 0 aliphatic carbocycles. The van der Waals surface area contributed by atoms with Gasteiger partial charge in [-0.1, -0.05) is 0 Å². The van der Waals surface area contributed by atoms with E-state index in [0.29, 0.717) is 28.4 Å². The molecule has 0 atom stereocenters. The van der Waals surface area contributed by atoms with Crippen LogP contribution in [0.1, 0.15) is 10.4 Å². The van der Waals surface area contributed by atoms with E-state index in [4.69, 9.17) is 9.47 Å². The zero-order valence-corrected chi connectivity index (χ0v) is 12.1. The third kappa shape index (κ3) is 2.56. The molecule has 22 heavy (non-hydrogen) atoms. The first-order chi connectivity index (χ1) is 10.7. The van der Waals surface area contributed by atoms with E-state index >= 15 is 0 Å². The van der Waals surface area contributed by atoms with E-state index in [0.717, 1.165) is 0 Å². The molecule has 3 aromatic rings. The average molecular weight is 298 g/mol. The molecule has 0 aliphatic heterocycles. The van der Waals surface area contributed by atoms with Crippen molar-refractivity contribution in [1.82, 2.24) is 14.6 Å². The second kappa shape index (κ2) is 5.72. The molecule has 1 aromatic carbocycles. The number of methoxy groups -OCH3 is 2. The Kier molecular flexibility index (Phi) is 3.61. The number of amides is 1. The van der Waals surface area contributed by atoms with Crippen molar-refractivity contribution in [1.29, 1.82) is 0 Å². The number of pyridine rings is 1. The van der Waals surface area contributed by atoms with Gasteiger partial charge in [-0.25, -0.2) is 0 Å². The van der Waals surface area contributed by atoms with Crippen molar-refractivity contribution in [2.24, 2.45) is 0 Å². The van der Waals surface area contributed by atoms with E-state index < -0.39 is 0 Å². The minimum Gasteiger partial charge on any atom is -0.493 e. The number of hydrogen-bond donors (Lipinski definition) is 1. The standard InChI is InChI=1S/C15H14N4O3/c1-21-12-5-3-10(7-13(12)22-2)15(20)17-11-4-6-14-18-16-9-19(14)8-11/h3-9H,1-2H3,(H,17,20). The lowest BCUT2D eigenvalue weighted by atomic mass is 10.2. The largest absolute Gasteiger partial charge is 0.493 e. The van der Waals surface area contributed by atoms with Crippen LogP contribution in [0.3, 0.4) is 0 Å². The van der Waals surface area contributed by atoms with Crippen molar-refractivity contribution in [2.45, 2.75) is 0 Å². The van der Waals surface area contributed by atoms with Gasteiger partial charge in [0.1, 0.15) is 6.33 Å². The Labute approximate surface area is 126 Å². The van der Waals surface area contributed by atoms with Crippen LogP contribution in [0.5, 0.6) is 11.5 Å². The van der Waals surface area contributed by atoms with Gasteiger partial charge in [-0.15, -0.1) is 10.2 Å². The lowest BCUT2D eigenvalue weighted by Gasteiger charge is -2.10. The highest BCUT2D eigenvalue weighted by Crippen LogP contribution is 2.27. The third-order valence-corrected chi connectivity index (χ3v) is 3.19. The molecule has 0 saturated heterocycles. The van der Waals surface area contributed by atoms with Crippen molar-refractivity contribution in [2.75, 3.05) is 19.5 Å². The predicted molar refractivity (Wildman–Crippen MR) is 80.5 cm³/mol. The summed E-state index contributed by atoms with van der Waals surface area (Å²) in [5.74, 6) is 0.836. The van der Waals surface area contributed by atoms with Gasteiger partial charge in [0.15, 0.2) is 17.1 Å². The van der Waals surface area contributed by atoms with Crippen molar-refractivity contribution < 1.29 is 14.3 Å². The maximum atomic E-state index is 12.3. The van der Waals surface area contributed by atoms with Gasteiger partial charge in [-0.05, 0) is 30.3 Å². The molecular formula is C15H14N4O3. The minimum absolute atomic E-state index is 0.242. The van der Waals surface area contributed by atoms with E-state index in [9.17, 15) is 4.79 Å². The first kappa shape index (κ1) is 13.9. The fourth-order valence-corrected chi connectivity index (χ4v) is 2.08. The lowest BCUT2D eigenvalue weighted by molar-refractivity contribution is 0.102. The normalized spacial score (nSPS) is 10.5. The summed E-state index contributed by atoms with van der Waals surface area (Å²) < 4.78 is 12.1. The summed E-state index contributed by atoms with van der Waals surface area (Å²) in [7, 11) is 3.07. The summed E-state index contributed by atoms with van der Waals surface area (Å²) in [5.41, 5.74) is 1.83. The van der Waals surface area contributed by atoms with E-state index in [2.05, 4.69) is 15.5 Å². The molecule has 0 saturated carbocycles. The molecule has 7 nitrogen and oxygen atoms in total. The van der Waals surface area contributed by atoms with E-state index in [-0.39, 0.29) is 5.91 Å². The number of carbonyl (C=O) groups excluding carboxylic acids is 1. The molecule has 0 radical (unpaired) electrons. The molecule has 112 valence electrons. The molecule has 0 fully saturated rings. The Morgan fingerprint density at radius 3 is 2.73 bits per heavy atom. The van der Waals surface area contributed by atoms with Crippen molar-refractivity contribution >= 4 is 17.2 Å². The quantitative estimate of drug-likeness (QED) is 0.797. The van der Waals surface area contributed by atoms with E-state index in [1.807, 2.05) is 0 Å². The summed E-state index contributed by atoms with van der Waals surface area (Å²) >= 11 is 0. The Morgan fingerprint density at radius 1 is 1.14 bits per heavy atom. The summed E-state index contributed by atoms with van der Waals surface area (Å²) in [6.07, 6.45) is 3.31. The number of carbonyl (C=O) groups is 1. The number of aromatic nitrogens is 3. The number of benzene rings is 1. The van der Waals surface area contributed by atoms with Crippen LogP contribution in [-0.4, -0.2) is 34.7 Å². The average Bonchev–Trinajstić information content (AvgIpc) is 3.01. The molecule has 2 heterocycles. The van der Waals surface area contributed by atoms with E-state index in [1.54, 1.807) is 54.4 Å². The molecule has 1 N–H and O–H groups in total. The first-order valence-electron chi connectivity index (χ1n) is 6.54. The molecule has 0 unspecified atom stereocenters. The monoisotopic (exact) mass is 298 g/mol. The van der Waals surface area contributed by atoms with Crippen LogP contribution in [0.25, 0.3) is 5.65 Å². The summed E-state index contributed by atoms with van der Waals surface area (Å²) in [6.45, 7) is 0. The third-order valence-electron chi connectivity index (χ3n) is 3.19. The van der Waals surface area contributed by atoms with Gasteiger partial charge in [-0.3, -0.25) is 9.20 Å². The number of rotatable bonds is 4. The zero-order chi connectivity index (χ0) is 15.5. The smallest absolute Gasteiger partial charge is 0.255 e. The van der Waals surface area contributed by atoms with Crippen LogP contribution in [0, 0.1) is 0 Å². The van der Waals surface area contributed by atoms with Crippen molar-refractivity contribution in [3.05, 3.63) is 48.4 Å². The van der Waals surface area contributed by atoms with Gasteiger partial charge >= 0.3 is 0 Å². The van der Waals surface area contributed by atoms with Crippen LogP contribution >= 0.6 is 0 Å². The van der Waals surface area contributed by atoms with Crippen LogP contribution < -0.4 is 14.8 Å². The molecule has 2 aromatic heterocycles. The number of anilines is 1. The number of fused-ring (bicyclic) bond motifs is 1. The van der Waals surface area contributed by atoms with Crippen molar-refractivity contribution in [3.63, 3.8) is 0 Å². The van der Waals surface area contributed by atoms with Gasteiger partial charge in [0.2, 0.25) is 0 Å². The second-order valence-electron chi connectivity index (χ2n) is 4.54. The topological polar surface area (TPSA) is 77.8 Å². The minimum atomic E-state index is -0.242. The second-order valence-corrected chi connectivity index (χ2v) is 4.54. The van der Waals surface area contributed by atoms with Gasteiger partial charge in [-0.2, -0.15) is 0 Å². The zero-order valence-electron chi connectivity index (χ0n) is 12.1. The first-order valence-corrected chi connectivity index (χ1v) is 6.54. The Balaban J connectivity index is 1.84. The Hall–Kier alpha value is -3.09.